The first-order valence-electron chi connectivity index (χ1n) is 8.11. The average Bonchev–Trinajstić information content (AvgIpc) is 3.03. The van der Waals surface area contributed by atoms with Gasteiger partial charge in [0.05, 0.1) is 6.42 Å². The lowest BCUT2D eigenvalue weighted by Crippen LogP contribution is -2.48. The summed E-state index contributed by atoms with van der Waals surface area (Å²) in [6, 6.07) is 8.17. The van der Waals surface area contributed by atoms with Gasteiger partial charge in [-0.15, -0.1) is 0 Å². The zero-order valence-electron chi connectivity index (χ0n) is 13.1. The smallest absolute Gasteiger partial charge is 0.227 e. The Morgan fingerprint density at radius 3 is 2.74 bits per heavy atom. The highest BCUT2D eigenvalue weighted by atomic mass is 32.2. The fourth-order valence-corrected chi connectivity index (χ4v) is 4.91. The molecule has 0 N–H and O–H groups in total. The fourth-order valence-electron chi connectivity index (χ4n) is 3.36. The normalized spacial score (nSPS) is 21.9. The number of nitrogens with zero attached hydrogens (tertiary/aromatic N) is 2. The third-order valence-corrected chi connectivity index (χ3v) is 6.46. The molecule has 1 aliphatic heterocycles. The molecule has 1 aromatic rings. The molecule has 1 aromatic carbocycles. The Morgan fingerprint density at radius 2 is 2.00 bits per heavy atom. The number of benzene rings is 1. The van der Waals surface area contributed by atoms with Crippen molar-refractivity contribution in [3.63, 3.8) is 0 Å². The second-order valence-electron chi connectivity index (χ2n) is 6.08. The third-order valence-electron chi connectivity index (χ3n) is 4.73. The molecule has 0 radical (unpaired) electrons. The number of hydrogen-bond donors (Lipinski definition) is 0. The molecule has 2 atom stereocenters. The highest BCUT2D eigenvalue weighted by Gasteiger charge is 2.32. The van der Waals surface area contributed by atoms with Crippen molar-refractivity contribution in [3.05, 3.63) is 35.4 Å². The van der Waals surface area contributed by atoms with Crippen LogP contribution in [-0.4, -0.2) is 58.6 Å². The lowest BCUT2D eigenvalue weighted by Gasteiger charge is -2.32. The monoisotopic (exact) mass is 334 g/mol. The largest absolute Gasteiger partial charge is 0.616 e. The number of aryl methyl sites for hydroxylation is 1. The van der Waals surface area contributed by atoms with Crippen molar-refractivity contribution in [2.24, 2.45) is 0 Å². The topological polar surface area (TPSA) is 63.7 Å². The summed E-state index contributed by atoms with van der Waals surface area (Å²) >= 11 is -1.00. The van der Waals surface area contributed by atoms with Crippen LogP contribution in [0.4, 0.5) is 0 Å². The molecule has 23 heavy (non-hydrogen) atoms. The van der Waals surface area contributed by atoms with E-state index >= 15 is 0 Å². The second-order valence-corrected chi connectivity index (χ2v) is 7.82. The van der Waals surface area contributed by atoms with Crippen molar-refractivity contribution in [1.29, 1.82) is 0 Å². The van der Waals surface area contributed by atoms with Crippen molar-refractivity contribution in [3.8, 4) is 0 Å². The van der Waals surface area contributed by atoms with Gasteiger partial charge in [0.2, 0.25) is 12.3 Å². The SMILES string of the molecule is O=CN1CCN(C(=O)CC[S+]([O-])C2CCc3ccccc32)CC1. The lowest BCUT2D eigenvalue weighted by atomic mass is 10.1. The van der Waals surface area contributed by atoms with Gasteiger partial charge in [-0.2, -0.15) is 0 Å². The molecule has 124 valence electrons. The first-order valence-corrected chi connectivity index (χ1v) is 9.49. The zero-order chi connectivity index (χ0) is 16.2. The second kappa shape index (κ2) is 7.36. The van der Waals surface area contributed by atoms with Crippen LogP contribution in [0.1, 0.15) is 29.2 Å². The molecule has 2 amide bonds. The van der Waals surface area contributed by atoms with E-state index in [2.05, 4.69) is 12.1 Å². The van der Waals surface area contributed by atoms with E-state index in [0.717, 1.165) is 19.3 Å². The number of amides is 2. The van der Waals surface area contributed by atoms with Gasteiger partial charge in [0.25, 0.3) is 0 Å². The van der Waals surface area contributed by atoms with Crippen LogP contribution in [-0.2, 0) is 27.2 Å². The van der Waals surface area contributed by atoms with Gasteiger partial charge >= 0.3 is 0 Å². The molecule has 6 heteroatoms. The number of carbonyl (C=O) groups excluding carboxylic acids is 2. The molecule has 2 aliphatic rings. The molecule has 5 nitrogen and oxygen atoms in total. The molecule has 0 aromatic heterocycles. The van der Waals surface area contributed by atoms with E-state index in [0.29, 0.717) is 38.4 Å². The van der Waals surface area contributed by atoms with Gasteiger partial charge in [-0.25, -0.2) is 0 Å². The van der Waals surface area contributed by atoms with Crippen molar-refractivity contribution >= 4 is 23.5 Å². The molecule has 0 spiro atoms. The molecule has 1 aliphatic carbocycles. The maximum Gasteiger partial charge on any atom is 0.227 e. The van der Waals surface area contributed by atoms with Crippen molar-refractivity contribution in [1.82, 2.24) is 9.80 Å². The number of carbonyl (C=O) groups is 2. The van der Waals surface area contributed by atoms with Gasteiger partial charge in [-0.05, 0) is 23.2 Å². The maximum absolute atomic E-state index is 12.6. The van der Waals surface area contributed by atoms with Gasteiger partial charge < -0.3 is 14.4 Å². The van der Waals surface area contributed by atoms with Crippen LogP contribution in [0.2, 0.25) is 0 Å². The summed E-state index contributed by atoms with van der Waals surface area (Å²) in [5.74, 6) is 0.473. The molecule has 1 fully saturated rings. The highest BCUT2D eigenvalue weighted by Crippen LogP contribution is 2.37. The molecule has 0 bridgehead atoms. The lowest BCUT2D eigenvalue weighted by molar-refractivity contribution is -0.134. The Balaban J connectivity index is 1.49. The summed E-state index contributed by atoms with van der Waals surface area (Å²) in [5, 5.41) is 0.0749. The summed E-state index contributed by atoms with van der Waals surface area (Å²) < 4.78 is 12.6. The van der Waals surface area contributed by atoms with Crippen molar-refractivity contribution < 1.29 is 14.1 Å². The van der Waals surface area contributed by atoms with E-state index in [1.807, 2.05) is 12.1 Å². The summed E-state index contributed by atoms with van der Waals surface area (Å²) in [6.45, 7) is 2.34. The van der Waals surface area contributed by atoms with Gasteiger partial charge in [-0.1, -0.05) is 24.3 Å². The van der Waals surface area contributed by atoms with Crippen molar-refractivity contribution in [2.45, 2.75) is 24.5 Å². The minimum absolute atomic E-state index is 0.0511. The summed E-state index contributed by atoms with van der Waals surface area (Å²) in [7, 11) is 0. The van der Waals surface area contributed by atoms with Crippen LogP contribution in [0, 0.1) is 0 Å². The van der Waals surface area contributed by atoms with E-state index in [1.54, 1.807) is 9.80 Å². The first-order chi connectivity index (χ1) is 11.2. The van der Waals surface area contributed by atoms with Crippen molar-refractivity contribution in [2.75, 3.05) is 31.9 Å². The van der Waals surface area contributed by atoms with Gasteiger partial charge in [0.15, 0.2) is 0 Å². The van der Waals surface area contributed by atoms with E-state index in [9.17, 15) is 14.1 Å². The van der Waals surface area contributed by atoms with Crippen LogP contribution in [0.25, 0.3) is 0 Å². The van der Waals surface area contributed by atoms with Crippen LogP contribution >= 0.6 is 0 Å². The van der Waals surface area contributed by atoms with Gasteiger partial charge in [0.1, 0.15) is 11.0 Å². The average molecular weight is 334 g/mol. The molecule has 0 saturated carbocycles. The number of rotatable bonds is 5. The van der Waals surface area contributed by atoms with E-state index in [4.69, 9.17) is 0 Å². The minimum atomic E-state index is -1.00. The number of fused-ring (bicyclic) bond motifs is 1. The predicted octanol–water partition coefficient (Wildman–Crippen LogP) is 1.11. The van der Waals surface area contributed by atoms with Crippen LogP contribution in [0.15, 0.2) is 24.3 Å². The first kappa shape index (κ1) is 16.3. The Morgan fingerprint density at radius 1 is 1.26 bits per heavy atom. The van der Waals surface area contributed by atoms with E-state index in [-0.39, 0.29) is 11.2 Å². The number of hydrogen-bond acceptors (Lipinski definition) is 3. The standard InChI is InChI=1S/C17H22N2O3S/c20-13-18-8-10-19(11-9-18)17(21)7-12-23(22)16-6-5-14-3-1-2-4-15(14)16/h1-4,13,16H,5-12H2. The Hall–Kier alpha value is -1.53. The Bertz CT molecular complexity index is 573. The van der Waals surface area contributed by atoms with Crippen LogP contribution < -0.4 is 0 Å². The maximum atomic E-state index is 12.6. The quantitative estimate of drug-likeness (QED) is 0.599. The third kappa shape index (κ3) is 3.70. The number of piperazine rings is 1. The summed E-state index contributed by atoms with van der Waals surface area (Å²) in [5.41, 5.74) is 2.49. The fraction of sp³-hybridized carbons (Fsp3) is 0.529. The van der Waals surface area contributed by atoms with E-state index in [1.165, 1.54) is 11.1 Å². The molecule has 2 unspecified atom stereocenters. The molecule has 3 rings (SSSR count). The van der Waals surface area contributed by atoms with E-state index < -0.39 is 11.2 Å². The molecular weight excluding hydrogens is 312 g/mol. The van der Waals surface area contributed by atoms with Crippen LogP contribution in [0.5, 0.6) is 0 Å². The molecular formula is C17H22N2O3S. The highest BCUT2D eigenvalue weighted by molar-refractivity contribution is 7.91. The Kier molecular flexibility index (Phi) is 5.23. The minimum Gasteiger partial charge on any atom is -0.616 e. The van der Waals surface area contributed by atoms with Gasteiger partial charge in [0, 0.05) is 38.2 Å². The summed E-state index contributed by atoms with van der Waals surface area (Å²) in [6.07, 6.45) is 3.05. The van der Waals surface area contributed by atoms with Gasteiger partial charge in [-0.3, -0.25) is 9.59 Å². The predicted molar refractivity (Wildman–Crippen MR) is 89.3 cm³/mol. The zero-order valence-corrected chi connectivity index (χ0v) is 14.0. The Labute approximate surface area is 139 Å². The molecule has 1 saturated heterocycles. The van der Waals surface area contributed by atoms with Crippen LogP contribution in [0.3, 0.4) is 0 Å². The summed E-state index contributed by atoms with van der Waals surface area (Å²) in [4.78, 5) is 26.4. The molecule has 1 heterocycles.